The van der Waals surface area contributed by atoms with Crippen LogP contribution in [0.25, 0.3) is 0 Å². The van der Waals surface area contributed by atoms with Crippen molar-refractivity contribution >= 4 is 37.5 Å². The third kappa shape index (κ3) is 6.18. The standard InChI is InChI=1S/C18H19FN6O4S2/c1-21-30(26,27)11-12-4-2-5-13(8-12)23-17-16(19)10-22-18(25-17)24-14-6-3-7-15(9-14)31(20,28)29/h2-7,9-11,21H,8H2,1H3,(H2,20,28,29)(H2,22,23,24,25)/b12-11+. The maximum atomic E-state index is 14.2. The van der Waals surface area contributed by atoms with E-state index in [4.69, 9.17) is 5.14 Å². The average molecular weight is 467 g/mol. The molecule has 0 atom stereocenters. The van der Waals surface area contributed by atoms with E-state index in [9.17, 15) is 21.2 Å². The van der Waals surface area contributed by atoms with Gasteiger partial charge in [-0.05, 0) is 36.9 Å². The minimum Gasteiger partial charge on any atom is -0.341 e. The van der Waals surface area contributed by atoms with Crippen molar-refractivity contribution < 1.29 is 21.2 Å². The van der Waals surface area contributed by atoms with Crippen LogP contribution < -0.4 is 20.5 Å². The summed E-state index contributed by atoms with van der Waals surface area (Å²) in [6, 6.07) is 5.68. The maximum Gasteiger partial charge on any atom is 0.238 e. The summed E-state index contributed by atoms with van der Waals surface area (Å²) >= 11 is 0. The molecular formula is C18H19FN6O4S2. The molecule has 2 aromatic rings. The first-order chi connectivity index (χ1) is 14.6. The minimum absolute atomic E-state index is 0.0101. The van der Waals surface area contributed by atoms with Crippen molar-refractivity contribution in [1.82, 2.24) is 14.7 Å². The zero-order valence-corrected chi connectivity index (χ0v) is 17.8. The zero-order chi connectivity index (χ0) is 22.6. The van der Waals surface area contributed by atoms with Gasteiger partial charge in [-0.3, -0.25) is 0 Å². The van der Waals surface area contributed by atoms with Gasteiger partial charge in [0.25, 0.3) is 0 Å². The highest BCUT2D eigenvalue weighted by atomic mass is 32.2. The highest BCUT2D eigenvalue weighted by Crippen LogP contribution is 2.23. The van der Waals surface area contributed by atoms with Gasteiger partial charge in [-0.15, -0.1) is 0 Å². The van der Waals surface area contributed by atoms with Gasteiger partial charge in [0.1, 0.15) is 0 Å². The molecule has 1 aromatic carbocycles. The van der Waals surface area contributed by atoms with Gasteiger partial charge in [-0.25, -0.2) is 36.1 Å². The number of sulfonamides is 2. The van der Waals surface area contributed by atoms with Gasteiger partial charge >= 0.3 is 0 Å². The lowest BCUT2D eigenvalue weighted by molar-refractivity contribution is 0.595. The van der Waals surface area contributed by atoms with Crippen LogP contribution in [0.1, 0.15) is 6.42 Å². The van der Waals surface area contributed by atoms with Gasteiger partial charge in [-0.2, -0.15) is 4.98 Å². The Balaban J connectivity index is 1.80. The number of hydrogen-bond acceptors (Lipinski definition) is 8. The first-order valence-electron chi connectivity index (χ1n) is 8.76. The molecule has 13 heteroatoms. The number of nitrogens with zero attached hydrogens (tertiary/aromatic N) is 2. The topological polar surface area (TPSA) is 156 Å². The molecule has 0 unspecified atom stereocenters. The number of nitrogens with one attached hydrogen (secondary N) is 3. The van der Waals surface area contributed by atoms with Gasteiger partial charge in [-0.1, -0.05) is 18.2 Å². The number of anilines is 3. The predicted molar refractivity (Wildman–Crippen MR) is 115 cm³/mol. The van der Waals surface area contributed by atoms with E-state index in [2.05, 4.69) is 25.3 Å². The second-order valence-electron chi connectivity index (χ2n) is 6.38. The lowest BCUT2D eigenvalue weighted by Gasteiger charge is -2.15. The van der Waals surface area contributed by atoms with Crippen molar-refractivity contribution in [3.63, 3.8) is 0 Å². The van der Waals surface area contributed by atoms with Crippen LogP contribution in [0.4, 0.5) is 21.8 Å². The Labute approximate surface area is 178 Å². The van der Waals surface area contributed by atoms with Crippen molar-refractivity contribution in [3.05, 3.63) is 71.2 Å². The molecule has 3 rings (SSSR count). The lowest BCUT2D eigenvalue weighted by Crippen LogP contribution is -2.16. The van der Waals surface area contributed by atoms with E-state index < -0.39 is 25.9 Å². The highest BCUT2D eigenvalue weighted by molar-refractivity contribution is 7.92. The fourth-order valence-electron chi connectivity index (χ4n) is 2.60. The number of rotatable bonds is 7. The van der Waals surface area contributed by atoms with Crippen molar-refractivity contribution in [3.8, 4) is 0 Å². The molecule has 5 N–H and O–H groups in total. The van der Waals surface area contributed by atoms with E-state index in [0.717, 1.165) is 11.6 Å². The van der Waals surface area contributed by atoms with Crippen LogP contribution in [0.15, 0.2) is 70.3 Å². The second kappa shape index (κ2) is 8.93. The molecule has 1 aliphatic rings. The van der Waals surface area contributed by atoms with Crippen molar-refractivity contribution in [2.24, 2.45) is 5.14 Å². The first-order valence-corrected chi connectivity index (χ1v) is 11.9. The molecule has 0 spiro atoms. The molecule has 10 nitrogen and oxygen atoms in total. The zero-order valence-electron chi connectivity index (χ0n) is 16.2. The molecule has 0 fully saturated rings. The molecule has 31 heavy (non-hydrogen) atoms. The fourth-order valence-corrected chi connectivity index (χ4v) is 3.84. The second-order valence-corrected chi connectivity index (χ2v) is 9.68. The molecule has 0 saturated heterocycles. The summed E-state index contributed by atoms with van der Waals surface area (Å²) < 4.78 is 62.8. The van der Waals surface area contributed by atoms with Gasteiger partial charge in [0, 0.05) is 23.2 Å². The van der Waals surface area contributed by atoms with Crippen molar-refractivity contribution in [2.45, 2.75) is 11.3 Å². The summed E-state index contributed by atoms with van der Waals surface area (Å²) in [5.74, 6) is -0.860. The summed E-state index contributed by atoms with van der Waals surface area (Å²) in [6.45, 7) is 0. The van der Waals surface area contributed by atoms with Crippen molar-refractivity contribution in [2.75, 3.05) is 17.7 Å². The van der Waals surface area contributed by atoms with E-state index in [1.54, 1.807) is 24.3 Å². The smallest absolute Gasteiger partial charge is 0.238 e. The monoisotopic (exact) mass is 466 g/mol. The molecule has 1 aliphatic carbocycles. The largest absolute Gasteiger partial charge is 0.341 e. The Kier molecular flexibility index (Phi) is 6.50. The number of halogens is 1. The Morgan fingerprint density at radius 1 is 1.19 bits per heavy atom. The van der Waals surface area contributed by atoms with E-state index in [1.807, 2.05) is 0 Å². The van der Waals surface area contributed by atoms with Crippen LogP contribution in [0.2, 0.25) is 0 Å². The number of aromatic nitrogens is 2. The molecular weight excluding hydrogens is 447 g/mol. The van der Waals surface area contributed by atoms with E-state index >= 15 is 0 Å². The van der Waals surface area contributed by atoms with E-state index in [1.165, 1.54) is 25.2 Å². The maximum absolute atomic E-state index is 14.2. The Morgan fingerprint density at radius 2 is 1.97 bits per heavy atom. The van der Waals surface area contributed by atoms with Gasteiger partial charge in [0.05, 0.1) is 11.1 Å². The summed E-state index contributed by atoms with van der Waals surface area (Å²) in [7, 11) is -6.15. The van der Waals surface area contributed by atoms with Crippen molar-refractivity contribution in [1.29, 1.82) is 0 Å². The molecule has 0 radical (unpaired) electrons. The van der Waals surface area contributed by atoms with Crippen LogP contribution in [0, 0.1) is 5.82 Å². The van der Waals surface area contributed by atoms with Crippen LogP contribution in [-0.2, 0) is 20.0 Å². The van der Waals surface area contributed by atoms with Gasteiger partial charge < -0.3 is 10.6 Å². The molecule has 1 aromatic heterocycles. The number of benzene rings is 1. The normalized spacial score (nSPS) is 15.6. The SMILES string of the molecule is CNS(=O)(=O)/C=C1\C=CC=C(Nc2nc(Nc3cccc(S(N)(=O)=O)c3)ncc2F)C1. The predicted octanol–water partition coefficient (Wildman–Crippen LogP) is 1.70. The van der Waals surface area contributed by atoms with Crippen LogP contribution in [-0.4, -0.2) is 33.9 Å². The summed E-state index contributed by atoms with van der Waals surface area (Å²) in [4.78, 5) is 7.80. The summed E-state index contributed by atoms with van der Waals surface area (Å²) in [6.07, 6.45) is 6.07. The highest BCUT2D eigenvalue weighted by Gasteiger charge is 2.14. The molecule has 0 bridgehead atoms. The molecule has 1 heterocycles. The number of hydrogen-bond donors (Lipinski definition) is 4. The quantitative estimate of drug-likeness (QED) is 0.480. The minimum atomic E-state index is -3.89. The third-order valence-corrected chi connectivity index (χ3v) is 6.13. The van der Waals surface area contributed by atoms with Gasteiger partial charge in [0.2, 0.25) is 26.0 Å². The molecule has 0 aliphatic heterocycles. The first kappa shape index (κ1) is 22.6. The Hall–Kier alpha value is -3.13. The number of allylic oxidation sites excluding steroid dienone is 4. The molecule has 0 amide bonds. The van der Waals surface area contributed by atoms with Crippen LogP contribution in [0.5, 0.6) is 0 Å². The fraction of sp³-hybridized carbons (Fsp3) is 0.111. The summed E-state index contributed by atoms with van der Waals surface area (Å²) in [5.41, 5.74) is 1.35. The average Bonchev–Trinajstić information content (AvgIpc) is 2.70. The Morgan fingerprint density at radius 3 is 2.68 bits per heavy atom. The number of primary sulfonamides is 1. The summed E-state index contributed by atoms with van der Waals surface area (Å²) in [5, 5.41) is 11.8. The molecule has 164 valence electrons. The third-order valence-electron chi connectivity index (χ3n) is 4.04. The van der Waals surface area contributed by atoms with E-state index in [-0.39, 0.29) is 23.1 Å². The Bertz CT molecular complexity index is 1300. The van der Waals surface area contributed by atoms with Gasteiger partial charge in [0.15, 0.2) is 11.6 Å². The van der Waals surface area contributed by atoms with E-state index in [0.29, 0.717) is 17.0 Å². The molecule has 0 saturated carbocycles. The number of nitrogens with two attached hydrogens (primary N) is 1. The van der Waals surface area contributed by atoms with Crippen LogP contribution in [0.3, 0.4) is 0 Å². The lowest BCUT2D eigenvalue weighted by atomic mass is 10.1. The van der Waals surface area contributed by atoms with Crippen LogP contribution >= 0.6 is 0 Å².